The van der Waals surface area contributed by atoms with Crippen LogP contribution in [0, 0.1) is 17.1 Å². The van der Waals surface area contributed by atoms with Gasteiger partial charge in [-0.1, -0.05) is 23.7 Å². The summed E-state index contributed by atoms with van der Waals surface area (Å²) in [5.74, 6) is -0.464. The van der Waals surface area contributed by atoms with Gasteiger partial charge in [0.05, 0.1) is 22.3 Å². The lowest BCUT2D eigenvalue weighted by molar-refractivity contribution is 0.628. The van der Waals surface area contributed by atoms with Crippen LogP contribution in [0.5, 0.6) is 0 Å². The van der Waals surface area contributed by atoms with E-state index in [0.29, 0.717) is 11.3 Å². The summed E-state index contributed by atoms with van der Waals surface area (Å²) in [6.07, 6.45) is 1.63. The van der Waals surface area contributed by atoms with Crippen molar-refractivity contribution in [3.8, 4) is 6.07 Å². The molecule has 0 spiro atoms. The smallest absolute Gasteiger partial charge is 0.141 e. The Morgan fingerprint density at radius 1 is 1.17 bits per heavy atom. The van der Waals surface area contributed by atoms with Crippen LogP contribution in [0.2, 0.25) is 5.02 Å². The molecule has 0 aliphatic rings. The van der Waals surface area contributed by atoms with Crippen LogP contribution in [0.15, 0.2) is 47.5 Å². The molecule has 0 heterocycles. The normalized spacial score (nSPS) is 10.5. The van der Waals surface area contributed by atoms with Crippen molar-refractivity contribution < 1.29 is 4.39 Å². The lowest BCUT2D eigenvalue weighted by atomic mass is 10.2. The molecule has 18 heavy (non-hydrogen) atoms. The van der Waals surface area contributed by atoms with Crippen molar-refractivity contribution in [2.45, 2.75) is 0 Å². The van der Waals surface area contributed by atoms with Gasteiger partial charge >= 0.3 is 0 Å². The fourth-order valence-electron chi connectivity index (χ4n) is 1.36. The molecule has 0 saturated heterocycles. The highest BCUT2D eigenvalue weighted by molar-refractivity contribution is 6.31. The molecule has 0 N–H and O–H groups in total. The van der Waals surface area contributed by atoms with Crippen molar-refractivity contribution in [1.82, 2.24) is 0 Å². The fraction of sp³-hybridized carbons (Fsp3) is 0. The first-order valence-electron chi connectivity index (χ1n) is 5.18. The highest BCUT2D eigenvalue weighted by atomic mass is 35.5. The van der Waals surface area contributed by atoms with Crippen LogP contribution in [-0.4, -0.2) is 6.21 Å². The molecule has 2 aromatic carbocycles. The summed E-state index contributed by atoms with van der Waals surface area (Å²) in [4.78, 5) is 4.17. The highest BCUT2D eigenvalue weighted by Crippen LogP contribution is 2.21. The zero-order chi connectivity index (χ0) is 13.0. The number of nitriles is 1. The Morgan fingerprint density at radius 2 is 1.89 bits per heavy atom. The van der Waals surface area contributed by atoms with Gasteiger partial charge < -0.3 is 0 Å². The zero-order valence-corrected chi connectivity index (χ0v) is 10.0. The predicted molar refractivity (Wildman–Crippen MR) is 69.8 cm³/mol. The summed E-state index contributed by atoms with van der Waals surface area (Å²) in [6, 6.07) is 13.3. The Labute approximate surface area is 109 Å². The van der Waals surface area contributed by atoms with Gasteiger partial charge in [-0.25, -0.2) is 4.39 Å². The van der Waals surface area contributed by atoms with Gasteiger partial charge in [-0.2, -0.15) is 5.26 Å². The molecule has 0 aromatic heterocycles. The SMILES string of the molecule is N#Cc1ccc(/C=N/c2ccc(F)c(Cl)c2)cc1. The summed E-state index contributed by atoms with van der Waals surface area (Å²) in [7, 11) is 0. The number of aliphatic imine (C=N–C) groups is 1. The average Bonchev–Trinajstić information content (AvgIpc) is 2.41. The van der Waals surface area contributed by atoms with E-state index in [1.165, 1.54) is 12.1 Å². The van der Waals surface area contributed by atoms with E-state index in [4.69, 9.17) is 16.9 Å². The van der Waals surface area contributed by atoms with E-state index in [2.05, 4.69) is 4.99 Å². The molecule has 2 aromatic rings. The second kappa shape index (κ2) is 5.44. The van der Waals surface area contributed by atoms with Gasteiger partial charge in [0.25, 0.3) is 0 Å². The van der Waals surface area contributed by atoms with Crippen molar-refractivity contribution >= 4 is 23.5 Å². The zero-order valence-electron chi connectivity index (χ0n) is 9.27. The number of rotatable bonds is 2. The summed E-state index contributed by atoms with van der Waals surface area (Å²) in [6.45, 7) is 0. The summed E-state index contributed by atoms with van der Waals surface area (Å²) < 4.78 is 12.9. The molecule has 0 amide bonds. The highest BCUT2D eigenvalue weighted by Gasteiger charge is 1.99. The third-order valence-electron chi connectivity index (χ3n) is 2.31. The predicted octanol–water partition coefficient (Wildman–Crippen LogP) is 4.10. The number of hydrogen-bond donors (Lipinski definition) is 0. The van der Waals surface area contributed by atoms with Crippen molar-refractivity contribution in [1.29, 1.82) is 5.26 Å². The van der Waals surface area contributed by atoms with E-state index in [-0.39, 0.29) is 5.02 Å². The van der Waals surface area contributed by atoms with E-state index in [9.17, 15) is 4.39 Å². The van der Waals surface area contributed by atoms with Crippen molar-refractivity contribution in [2.75, 3.05) is 0 Å². The molecular weight excluding hydrogens is 251 g/mol. The van der Waals surface area contributed by atoms with Crippen LogP contribution in [0.3, 0.4) is 0 Å². The quantitative estimate of drug-likeness (QED) is 0.747. The first-order valence-corrected chi connectivity index (χ1v) is 5.56. The van der Waals surface area contributed by atoms with Crippen LogP contribution in [-0.2, 0) is 0 Å². The second-order valence-electron chi connectivity index (χ2n) is 3.59. The molecule has 0 bridgehead atoms. The third-order valence-corrected chi connectivity index (χ3v) is 2.60. The molecule has 0 atom stereocenters. The topological polar surface area (TPSA) is 36.1 Å². The number of benzene rings is 2. The molecule has 4 heteroatoms. The van der Waals surface area contributed by atoms with Gasteiger partial charge in [0, 0.05) is 6.21 Å². The fourth-order valence-corrected chi connectivity index (χ4v) is 1.53. The molecular formula is C14H8ClFN2. The summed E-state index contributed by atoms with van der Waals surface area (Å²) >= 11 is 5.65. The minimum Gasteiger partial charge on any atom is -0.256 e. The first kappa shape index (κ1) is 12.3. The van der Waals surface area contributed by atoms with Gasteiger partial charge in [0.15, 0.2) is 0 Å². The lowest BCUT2D eigenvalue weighted by Gasteiger charge is -1.97. The van der Waals surface area contributed by atoms with E-state index in [1.54, 1.807) is 36.5 Å². The van der Waals surface area contributed by atoms with E-state index >= 15 is 0 Å². The lowest BCUT2D eigenvalue weighted by Crippen LogP contribution is -1.81. The third kappa shape index (κ3) is 2.93. The molecule has 0 unspecified atom stereocenters. The van der Waals surface area contributed by atoms with E-state index in [1.807, 2.05) is 6.07 Å². The van der Waals surface area contributed by atoms with Crippen LogP contribution in [0.25, 0.3) is 0 Å². The molecule has 0 aliphatic carbocycles. The maximum Gasteiger partial charge on any atom is 0.141 e. The number of hydrogen-bond acceptors (Lipinski definition) is 2. The largest absolute Gasteiger partial charge is 0.256 e. The Hall–Kier alpha value is -2.18. The first-order chi connectivity index (χ1) is 8.69. The Bertz CT molecular complexity index is 627. The van der Waals surface area contributed by atoms with Gasteiger partial charge in [-0.3, -0.25) is 4.99 Å². The Morgan fingerprint density at radius 3 is 2.50 bits per heavy atom. The number of nitrogens with zero attached hydrogens (tertiary/aromatic N) is 2. The molecule has 88 valence electrons. The molecule has 0 saturated carbocycles. The second-order valence-corrected chi connectivity index (χ2v) is 4.00. The van der Waals surface area contributed by atoms with Gasteiger partial charge in [-0.05, 0) is 35.9 Å². The molecule has 0 aliphatic heterocycles. The molecule has 2 rings (SSSR count). The number of halogens is 2. The molecule has 2 nitrogen and oxygen atoms in total. The minimum absolute atomic E-state index is 0.0458. The molecule has 0 radical (unpaired) electrons. The van der Waals surface area contributed by atoms with Crippen LogP contribution in [0.4, 0.5) is 10.1 Å². The summed E-state index contributed by atoms with van der Waals surface area (Å²) in [5.41, 5.74) is 2.03. The van der Waals surface area contributed by atoms with Crippen LogP contribution >= 0.6 is 11.6 Å². The minimum atomic E-state index is -0.464. The van der Waals surface area contributed by atoms with E-state index < -0.39 is 5.82 Å². The van der Waals surface area contributed by atoms with Crippen molar-refractivity contribution in [2.24, 2.45) is 4.99 Å². The monoisotopic (exact) mass is 258 g/mol. The van der Waals surface area contributed by atoms with Gasteiger partial charge in [0.1, 0.15) is 5.82 Å². The van der Waals surface area contributed by atoms with Crippen molar-refractivity contribution in [3.63, 3.8) is 0 Å². The summed E-state index contributed by atoms with van der Waals surface area (Å²) in [5, 5.41) is 8.70. The maximum atomic E-state index is 12.9. The van der Waals surface area contributed by atoms with Gasteiger partial charge in [-0.15, -0.1) is 0 Å². The standard InChI is InChI=1S/C14H8ClFN2/c15-13-7-12(5-6-14(13)16)18-9-11-3-1-10(8-17)2-4-11/h1-7,9H/b18-9+. The Kier molecular flexibility index (Phi) is 3.71. The van der Waals surface area contributed by atoms with Crippen molar-refractivity contribution in [3.05, 3.63) is 64.4 Å². The maximum absolute atomic E-state index is 12.9. The van der Waals surface area contributed by atoms with Crippen LogP contribution < -0.4 is 0 Å². The average molecular weight is 259 g/mol. The molecule has 0 fully saturated rings. The Balaban J connectivity index is 2.19. The van der Waals surface area contributed by atoms with E-state index in [0.717, 1.165) is 5.56 Å². The van der Waals surface area contributed by atoms with Gasteiger partial charge in [0.2, 0.25) is 0 Å². The van der Waals surface area contributed by atoms with Crippen LogP contribution in [0.1, 0.15) is 11.1 Å².